The lowest BCUT2D eigenvalue weighted by atomic mass is 9.94. The Hall–Kier alpha value is -1.86. The summed E-state index contributed by atoms with van der Waals surface area (Å²) >= 11 is 0. The first-order chi connectivity index (χ1) is 9.17. The minimum atomic E-state index is -0.703. The third-order valence-corrected chi connectivity index (χ3v) is 3.56. The summed E-state index contributed by atoms with van der Waals surface area (Å²) in [5.41, 5.74) is 1.85. The fraction of sp³-hybridized carbons (Fsp3) is 0.467. The van der Waals surface area contributed by atoms with E-state index in [2.05, 4.69) is 11.0 Å². The first-order valence-electron chi connectivity index (χ1n) is 6.60. The van der Waals surface area contributed by atoms with Crippen LogP contribution >= 0.6 is 0 Å². The fourth-order valence-corrected chi connectivity index (χ4v) is 2.65. The number of carboxylic acid groups (broad SMARTS) is 1. The van der Waals surface area contributed by atoms with Gasteiger partial charge in [-0.3, -0.25) is 9.69 Å². The summed E-state index contributed by atoms with van der Waals surface area (Å²) in [6.45, 7) is 2.71. The number of carbonyl (C=O) groups is 1. The van der Waals surface area contributed by atoms with E-state index in [4.69, 9.17) is 10.4 Å². The second-order valence-electron chi connectivity index (χ2n) is 5.15. The van der Waals surface area contributed by atoms with Crippen LogP contribution in [0.5, 0.6) is 0 Å². The van der Waals surface area contributed by atoms with Gasteiger partial charge in [0, 0.05) is 19.5 Å². The standard InChI is InChI=1S/C15H18N2O2/c16-9-12-3-5-13(6-4-12)10-17-7-1-2-14(11-17)8-15(18)19/h3-6,14H,1-2,7-8,10-11H2,(H,18,19). The molecular weight excluding hydrogens is 240 g/mol. The van der Waals surface area contributed by atoms with Gasteiger partial charge in [-0.1, -0.05) is 12.1 Å². The van der Waals surface area contributed by atoms with Crippen LogP contribution < -0.4 is 0 Å². The second-order valence-corrected chi connectivity index (χ2v) is 5.15. The molecule has 1 N–H and O–H groups in total. The van der Waals surface area contributed by atoms with E-state index in [9.17, 15) is 4.79 Å². The molecular formula is C15H18N2O2. The van der Waals surface area contributed by atoms with Gasteiger partial charge in [-0.2, -0.15) is 5.26 Å². The minimum Gasteiger partial charge on any atom is -0.481 e. The van der Waals surface area contributed by atoms with Crippen LogP contribution in [-0.4, -0.2) is 29.1 Å². The molecule has 1 aliphatic heterocycles. The maximum Gasteiger partial charge on any atom is 0.303 e. The van der Waals surface area contributed by atoms with Crippen LogP contribution in [0.4, 0.5) is 0 Å². The van der Waals surface area contributed by atoms with Crippen molar-refractivity contribution in [1.82, 2.24) is 4.90 Å². The number of likely N-dealkylation sites (tertiary alicyclic amines) is 1. The van der Waals surface area contributed by atoms with Crippen LogP contribution in [0.3, 0.4) is 0 Å². The number of hydrogen-bond acceptors (Lipinski definition) is 3. The molecule has 4 heteroatoms. The number of carboxylic acids is 1. The third kappa shape index (κ3) is 4.08. The maximum absolute atomic E-state index is 10.8. The molecule has 1 saturated heterocycles. The van der Waals surface area contributed by atoms with Gasteiger partial charge in [0.2, 0.25) is 0 Å². The van der Waals surface area contributed by atoms with Gasteiger partial charge in [0.25, 0.3) is 0 Å². The molecule has 19 heavy (non-hydrogen) atoms. The van der Waals surface area contributed by atoms with Crippen LogP contribution in [0, 0.1) is 17.2 Å². The molecule has 1 aromatic rings. The number of piperidine rings is 1. The monoisotopic (exact) mass is 258 g/mol. The highest BCUT2D eigenvalue weighted by molar-refractivity contribution is 5.67. The second kappa shape index (κ2) is 6.35. The third-order valence-electron chi connectivity index (χ3n) is 3.56. The Morgan fingerprint density at radius 1 is 1.42 bits per heavy atom. The van der Waals surface area contributed by atoms with E-state index in [1.54, 1.807) is 0 Å². The molecule has 4 nitrogen and oxygen atoms in total. The van der Waals surface area contributed by atoms with Gasteiger partial charge >= 0.3 is 5.97 Å². The lowest BCUT2D eigenvalue weighted by molar-refractivity contribution is -0.138. The van der Waals surface area contributed by atoms with Crippen molar-refractivity contribution in [2.75, 3.05) is 13.1 Å². The van der Waals surface area contributed by atoms with E-state index >= 15 is 0 Å². The molecule has 0 amide bonds. The summed E-state index contributed by atoms with van der Waals surface area (Å²) < 4.78 is 0. The average molecular weight is 258 g/mol. The molecule has 0 spiro atoms. The van der Waals surface area contributed by atoms with Crippen LogP contribution in [-0.2, 0) is 11.3 Å². The normalized spacial score (nSPS) is 19.8. The van der Waals surface area contributed by atoms with Gasteiger partial charge in [-0.15, -0.1) is 0 Å². The molecule has 100 valence electrons. The number of benzene rings is 1. The van der Waals surface area contributed by atoms with Gasteiger partial charge in [0.15, 0.2) is 0 Å². The number of aliphatic carboxylic acids is 1. The van der Waals surface area contributed by atoms with E-state index in [1.807, 2.05) is 24.3 Å². The summed E-state index contributed by atoms with van der Waals surface area (Å²) in [4.78, 5) is 13.1. The highest BCUT2D eigenvalue weighted by Crippen LogP contribution is 2.21. The van der Waals surface area contributed by atoms with Gasteiger partial charge in [-0.05, 0) is 43.0 Å². The molecule has 0 aliphatic carbocycles. The summed E-state index contributed by atoms with van der Waals surface area (Å²) in [7, 11) is 0. The van der Waals surface area contributed by atoms with Crippen molar-refractivity contribution in [2.24, 2.45) is 5.92 Å². The van der Waals surface area contributed by atoms with Crippen molar-refractivity contribution < 1.29 is 9.90 Å². The van der Waals surface area contributed by atoms with Gasteiger partial charge in [0.05, 0.1) is 11.6 Å². The first-order valence-corrected chi connectivity index (χ1v) is 6.60. The molecule has 0 bridgehead atoms. The van der Waals surface area contributed by atoms with Crippen LogP contribution in [0.15, 0.2) is 24.3 Å². The predicted molar refractivity (Wildman–Crippen MR) is 71.4 cm³/mol. The van der Waals surface area contributed by atoms with Gasteiger partial charge < -0.3 is 5.11 Å². The Morgan fingerprint density at radius 2 is 2.16 bits per heavy atom. The van der Waals surface area contributed by atoms with Crippen molar-refractivity contribution in [3.63, 3.8) is 0 Å². The highest BCUT2D eigenvalue weighted by atomic mass is 16.4. The maximum atomic E-state index is 10.8. The first kappa shape index (κ1) is 13.6. The van der Waals surface area contributed by atoms with Crippen molar-refractivity contribution in [1.29, 1.82) is 5.26 Å². The Bertz CT molecular complexity index is 476. The molecule has 0 saturated carbocycles. The summed E-state index contributed by atoms with van der Waals surface area (Å²) in [5, 5.41) is 17.6. The number of nitriles is 1. The molecule has 0 aromatic heterocycles. The van der Waals surface area contributed by atoms with Gasteiger partial charge in [0.1, 0.15) is 0 Å². The van der Waals surface area contributed by atoms with Crippen LogP contribution in [0.2, 0.25) is 0 Å². The van der Waals surface area contributed by atoms with E-state index < -0.39 is 5.97 Å². The Labute approximate surface area is 113 Å². The van der Waals surface area contributed by atoms with E-state index in [-0.39, 0.29) is 12.3 Å². The predicted octanol–water partition coefficient (Wildman–Crippen LogP) is 2.24. The summed E-state index contributed by atoms with van der Waals surface area (Å²) in [6.07, 6.45) is 2.34. The largest absolute Gasteiger partial charge is 0.481 e. The molecule has 1 fully saturated rings. The molecule has 1 unspecified atom stereocenters. The topological polar surface area (TPSA) is 64.3 Å². The zero-order valence-electron chi connectivity index (χ0n) is 10.9. The van der Waals surface area contributed by atoms with Crippen molar-refractivity contribution >= 4 is 5.97 Å². The lowest BCUT2D eigenvalue weighted by Gasteiger charge is -2.32. The Balaban J connectivity index is 1.91. The molecule has 0 radical (unpaired) electrons. The number of nitrogens with zero attached hydrogens (tertiary/aromatic N) is 2. The summed E-state index contributed by atoms with van der Waals surface area (Å²) in [6, 6.07) is 9.71. The SMILES string of the molecule is N#Cc1ccc(CN2CCCC(CC(=O)O)C2)cc1. The Morgan fingerprint density at radius 3 is 2.79 bits per heavy atom. The van der Waals surface area contributed by atoms with E-state index in [0.29, 0.717) is 5.56 Å². The summed E-state index contributed by atoms with van der Waals surface area (Å²) in [5.74, 6) is -0.435. The lowest BCUT2D eigenvalue weighted by Crippen LogP contribution is -2.35. The smallest absolute Gasteiger partial charge is 0.303 e. The average Bonchev–Trinajstić information content (AvgIpc) is 2.39. The molecule has 1 heterocycles. The molecule has 1 atom stereocenters. The number of rotatable bonds is 4. The van der Waals surface area contributed by atoms with Crippen molar-refractivity contribution in [3.8, 4) is 6.07 Å². The van der Waals surface area contributed by atoms with Crippen LogP contribution in [0.1, 0.15) is 30.4 Å². The van der Waals surface area contributed by atoms with E-state index in [0.717, 1.165) is 32.5 Å². The zero-order valence-corrected chi connectivity index (χ0v) is 10.9. The minimum absolute atomic E-state index is 0.268. The van der Waals surface area contributed by atoms with E-state index in [1.165, 1.54) is 5.56 Å². The van der Waals surface area contributed by atoms with Crippen LogP contribution in [0.25, 0.3) is 0 Å². The fourth-order valence-electron chi connectivity index (χ4n) is 2.65. The van der Waals surface area contributed by atoms with Gasteiger partial charge in [-0.25, -0.2) is 0 Å². The van der Waals surface area contributed by atoms with Crippen molar-refractivity contribution in [3.05, 3.63) is 35.4 Å². The Kier molecular flexibility index (Phi) is 4.53. The quantitative estimate of drug-likeness (QED) is 0.899. The molecule has 1 aliphatic rings. The molecule has 2 rings (SSSR count). The number of hydrogen-bond donors (Lipinski definition) is 1. The van der Waals surface area contributed by atoms with Crippen molar-refractivity contribution in [2.45, 2.75) is 25.8 Å². The molecule has 1 aromatic carbocycles. The zero-order chi connectivity index (χ0) is 13.7. The highest BCUT2D eigenvalue weighted by Gasteiger charge is 2.21.